The fourth-order valence-corrected chi connectivity index (χ4v) is 2.47. The van der Waals surface area contributed by atoms with E-state index in [9.17, 15) is 13.2 Å². The molecule has 9 nitrogen and oxygen atoms in total. The molecule has 19 heavy (non-hydrogen) atoms. The van der Waals surface area contributed by atoms with Gasteiger partial charge < -0.3 is 22.2 Å². The van der Waals surface area contributed by atoms with Crippen molar-refractivity contribution in [3.63, 3.8) is 0 Å². The summed E-state index contributed by atoms with van der Waals surface area (Å²) in [7, 11) is -4.69. The van der Waals surface area contributed by atoms with Crippen LogP contribution in [0.5, 0.6) is 0 Å². The van der Waals surface area contributed by atoms with E-state index in [0.717, 1.165) is 0 Å². The third-order valence-electron chi connectivity index (χ3n) is 2.73. The Morgan fingerprint density at radius 1 is 1.58 bits per heavy atom. The van der Waals surface area contributed by atoms with Crippen molar-refractivity contribution in [1.29, 1.82) is 5.41 Å². The van der Waals surface area contributed by atoms with E-state index in [-0.39, 0.29) is 18.6 Å². The predicted molar refractivity (Wildman–Crippen MR) is 68.4 cm³/mol. The molecule has 0 radical (unpaired) electrons. The summed E-state index contributed by atoms with van der Waals surface area (Å²) in [6, 6.07) is 0. The molecule has 0 heterocycles. The normalized spacial score (nSPS) is 26.2. The Kier molecular flexibility index (Phi) is 4.12. The van der Waals surface area contributed by atoms with Gasteiger partial charge in [0.05, 0.1) is 0 Å². The Balaban J connectivity index is 3.28. The van der Waals surface area contributed by atoms with E-state index in [0.29, 0.717) is 0 Å². The number of hydrogen-bond donors (Lipinski definition) is 6. The van der Waals surface area contributed by atoms with Crippen LogP contribution in [0.1, 0.15) is 19.8 Å². The molecule has 0 bridgehead atoms. The summed E-state index contributed by atoms with van der Waals surface area (Å²) in [6.45, 7) is 1.55. The van der Waals surface area contributed by atoms with Crippen molar-refractivity contribution in [2.24, 2.45) is 11.5 Å². The molecular weight excluding hydrogens is 274 g/mol. The van der Waals surface area contributed by atoms with Gasteiger partial charge in [0.15, 0.2) is 0 Å². The van der Waals surface area contributed by atoms with Gasteiger partial charge in [0.25, 0.3) is 0 Å². The van der Waals surface area contributed by atoms with Crippen LogP contribution in [0.2, 0.25) is 0 Å². The number of nitrogens with two attached hydrogens (primary N) is 2. The summed E-state index contributed by atoms with van der Waals surface area (Å²) in [5.41, 5.74) is 7.86. The SMILES string of the molecule is CCC(=O)NC1(NS(=O)(=O)O)CC(=N)C=CC1(N)N. The van der Waals surface area contributed by atoms with Crippen molar-refractivity contribution < 1.29 is 17.8 Å². The van der Waals surface area contributed by atoms with Crippen LogP contribution in [0.4, 0.5) is 0 Å². The van der Waals surface area contributed by atoms with Crippen molar-refractivity contribution in [3.05, 3.63) is 12.2 Å². The van der Waals surface area contributed by atoms with Crippen LogP contribution in [0.3, 0.4) is 0 Å². The standard InChI is InChI=1S/C9H17N5O4S/c1-2-7(15)13-9(14-19(16,17)18)5-6(10)3-4-8(9,11)12/h3-4,10,14H,2,5,11-12H2,1H3,(H,13,15)(H,16,17,18). The molecule has 0 saturated heterocycles. The molecule has 0 spiro atoms. The largest absolute Gasteiger partial charge is 0.335 e. The van der Waals surface area contributed by atoms with Gasteiger partial charge in [-0.25, -0.2) is 0 Å². The highest BCUT2D eigenvalue weighted by atomic mass is 32.2. The maximum Gasteiger partial charge on any atom is 0.335 e. The van der Waals surface area contributed by atoms with Crippen LogP contribution in [-0.2, 0) is 15.1 Å². The van der Waals surface area contributed by atoms with Gasteiger partial charge in [0.1, 0.15) is 11.3 Å². The number of carbonyl (C=O) groups excluding carboxylic acids is 1. The fourth-order valence-electron chi connectivity index (χ4n) is 1.73. The van der Waals surface area contributed by atoms with Crippen LogP contribution in [0.15, 0.2) is 12.2 Å². The summed E-state index contributed by atoms with van der Waals surface area (Å²) in [5.74, 6) is -0.528. The number of allylic oxidation sites excluding steroid dienone is 1. The zero-order valence-electron chi connectivity index (χ0n) is 10.3. The van der Waals surface area contributed by atoms with Crippen LogP contribution in [-0.4, -0.2) is 35.9 Å². The van der Waals surface area contributed by atoms with E-state index in [1.807, 2.05) is 4.72 Å². The van der Waals surface area contributed by atoms with E-state index in [2.05, 4.69) is 5.32 Å². The lowest BCUT2D eigenvalue weighted by Crippen LogP contribution is -2.80. The summed E-state index contributed by atoms with van der Waals surface area (Å²) in [4.78, 5) is 11.5. The molecule has 0 fully saturated rings. The second-order valence-electron chi connectivity index (χ2n) is 4.35. The first-order valence-corrected chi connectivity index (χ1v) is 6.87. The minimum Gasteiger partial charge on any atom is -0.334 e. The smallest absolute Gasteiger partial charge is 0.334 e. The molecule has 1 rings (SSSR count). The zero-order chi connectivity index (χ0) is 14.9. The van der Waals surface area contributed by atoms with Gasteiger partial charge in [0, 0.05) is 18.6 Å². The monoisotopic (exact) mass is 291 g/mol. The lowest BCUT2D eigenvalue weighted by molar-refractivity contribution is -0.123. The van der Waals surface area contributed by atoms with Gasteiger partial charge in [-0.2, -0.15) is 13.1 Å². The number of hydrogen-bond acceptors (Lipinski definition) is 6. The summed E-state index contributed by atoms with van der Waals surface area (Å²) in [5, 5.41) is 9.89. The Morgan fingerprint density at radius 2 is 2.16 bits per heavy atom. The average molecular weight is 291 g/mol. The van der Waals surface area contributed by atoms with E-state index in [1.165, 1.54) is 12.2 Å². The minimum absolute atomic E-state index is 0.000854. The molecule has 0 aliphatic heterocycles. The third kappa shape index (κ3) is 3.58. The van der Waals surface area contributed by atoms with Gasteiger partial charge in [0.2, 0.25) is 5.91 Å². The Bertz CT molecular complexity index is 527. The van der Waals surface area contributed by atoms with Gasteiger partial charge in [-0.15, -0.1) is 0 Å². The van der Waals surface area contributed by atoms with Crippen molar-refractivity contribution in [2.75, 3.05) is 0 Å². The summed E-state index contributed by atoms with van der Waals surface area (Å²) < 4.78 is 32.9. The highest BCUT2D eigenvalue weighted by Gasteiger charge is 2.51. The first-order chi connectivity index (χ1) is 8.51. The van der Waals surface area contributed by atoms with Gasteiger partial charge in [-0.1, -0.05) is 6.92 Å². The molecule has 8 N–H and O–H groups in total. The van der Waals surface area contributed by atoms with Crippen molar-refractivity contribution in [2.45, 2.75) is 31.1 Å². The molecular formula is C9H17N5O4S. The quantitative estimate of drug-likeness (QED) is 0.263. The highest BCUT2D eigenvalue weighted by Crippen LogP contribution is 2.24. The second kappa shape index (κ2) is 4.98. The molecule has 0 saturated carbocycles. The lowest BCUT2D eigenvalue weighted by Gasteiger charge is -2.46. The van der Waals surface area contributed by atoms with Crippen molar-refractivity contribution >= 4 is 21.9 Å². The maximum absolute atomic E-state index is 11.5. The van der Waals surface area contributed by atoms with Crippen molar-refractivity contribution in [3.8, 4) is 0 Å². The first-order valence-electron chi connectivity index (χ1n) is 5.43. The minimum atomic E-state index is -4.69. The Morgan fingerprint density at radius 3 is 2.63 bits per heavy atom. The molecule has 0 aromatic heterocycles. The number of amides is 1. The van der Waals surface area contributed by atoms with E-state index >= 15 is 0 Å². The molecule has 1 unspecified atom stereocenters. The number of rotatable bonds is 4. The van der Waals surface area contributed by atoms with E-state index < -0.39 is 27.5 Å². The Labute approximate surface area is 110 Å². The van der Waals surface area contributed by atoms with E-state index in [1.54, 1.807) is 6.92 Å². The van der Waals surface area contributed by atoms with Gasteiger partial charge >= 0.3 is 10.3 Å². The molecule has 0 aromatic carbocycles. The summed E-state index contributed by atoms with van der Waals surface area (Å²) in [6.07, 6.45) is 2.26. The van der Waals surface area contributed by atoms with E-state index in [4.69, 9.17) is 21.4 Å². The van der Waals surface area contributed by atoms with Gasteiger partial charge in [-0.3, -0.25) is 9.35 Å². The van der Waals surface area contributed by atoms with Crippen LogP contribution in [0, 0.1) is 5.41 Å². The number of nitrogens with one attached hydrogen (secondary N) is 3. The van der Waals surface area contributed by atoms with Crippen molar-refractivity contribution in [1.82, 2.24) is 10.0 Å². The topological polar surface area (TPSA) is 171 Å². The third-order valence-corrected chi connectivity index (χ3v) is 3.34. The predicted octanol–water partition coefficient (Wildman–Crippen LogP) is -1.81. The molecule has 10 heteroatoms. The molecule has 108 valence electrons. The zero-order valence-corrected chi connectivity index (χ0v) is 11.1. The Hall–Kier alpha value is -1.33. The molecule has 1 amide bonds. The second-order valence-corrected chi connectivity index (χ2v) is 5.51. The molecule has 1 aliphatic carbocycles. The molecule has 0 aromatic rings. The number of carbonyl (C=O) groups is 1. The average Bonchev–Trinajstić information content (AvgIpc) is 2.22. The fraction of sp³-hybridized carbons (Fsp3) is 0.556. The lowest BCUT2D eigenvalue weighted by atomic mass is 9.84. The van der Waals surface area contributed by atoms with Crippen LogP contribution >= 0.6 is 0 Å². The van der Waals surface area contributed by atoms with Crippen LogP contribution < -0.4 is 21.5 Å². The summed E-state index contributed by atoms with van der Waals surface area (Å²) >= 11 is 0. The molecule has 1 atom stereocenters. The highest BCUT2D eigenvalue weighted by molar-refractivity contribution is 7.83. The first kappa shape index (κ1) is 15.7. The molecule has 1 aliphatic rings. The van der Waals surface area contributed by atoms with Gasteiger partial charge in [-0.05, 0) is 12.2 Å². The maximum atomic E-state index is 11.5. The van der Waals surface area contributed by atoms with Crippen LogP contribution in [0.25, 0.3) is 0 Å².